The minimum Gasteiger partial charge on any atom is -0.475 e. The molecule has 1 saturated heterocycles. The molecule has 3 rings (SSSR count). The third kappa shape index (κ3) is 2.58. The molecule has 1 aromatic rings. The van der Waals surface area contributed by atoms with E-state index >= 15 is 0 Å². The Bertz CT molecular complexity index is 411. The molecule has 1 aliphatic carbocycles. The van der Waals surface area contributed by atoms with Crippen molar-refractivity contribution in [3.05, 3.63) is 5.82 Å². The van der Waals surface area contributed by atoms with Gasteiger partial charge in [0.05, 0.1) is 0 Å². The van der Waals surface area contributed by atoms with Crippen LogP contribution in [0.2, 0.25) is 0 Å². The molecule has 2 fully saturated rings. The summed E-state index contributed by atoms with van der Waals surface area (Å²) in [6, 6.07) is 0. The lowest BCUT2D eigenvalue weighted by atomic mass is 10.3. The van der Waals surface area contributed by atoms with Crippen LogP contribution < -0.4 is 5.32 Å². The van der Waals surface area contributed by atoms with Crippen molar-refractivity contribution in [3.63, 3.8) is 0 Å². The van der Waals surface area contributed by atoms with Crippen LogP contribution in [0, 0.1) is 11.8 Å². The van der Waals surface area contributed by atoms with Crippen LogP contribution in [0.4, 0.5) is 13.2 Å². The summed E-state index contributed by atoms with van der Waals surface area (Å²) in [5, 5.41) is 24.3. The van der Waals surface area contributed by atoms with Gasteiger partial charge in [0.15, 0.2) is 5.82 Å². The Morgan fingerprint density at radius 1 is 1.33 bits per heavy atom. The fourth-order valence-electron chi connectivity index (χ4n) is 2.13. The van der Waals surface area contributed by atoms with Gasteiger partial charge in [-0.15, -0.1) is 5.10 Å². The lowest BCUT2D eigenvalue weighted by Gasteiger charge is -1.97. The van der Waals surface area contributed by atoms with Crippen molar-refractivity contribution < 1.29 is 23.1 Å². The van der Waals surface area contributed by atoms with E-state index in [1.165, 1.54) is 0 Å². The third-order valence-electron chi connectivity index (χ3n) is 3.01. The molecule has 7 nitrogen and oxygen atoms in total. The first-order valence-corrected chi connectivity index (χ1v) is 5.15. The van der Waals surface area contributed by atoms with Gasteiger partial charge in [-0.05, 0) is 35.4 Å². The molecule has 3 atom stereocenters. The number of H-pyrrole nitrogens is 1. The smallest absolute Gasteiger partial charge is 0.475 e. The van der Waals surface area contributed by atoms with Crippen LogP contribution in [0.3, 0.4) is 0 Å². The number of carbonyl (C=O) groups is 1. The van der Waals surface area contributed by atoms with Gasteiger partial charge in [-0.1, -0.05) is 0 Å². The van der Waals surface area contributed by atoms with E-state index in [-0.39, 0.29) is 0 Å². The molecule has 0 bridgehead atoms. The van der Waals surface area contributed by atoms with Gasteiger partial charge in [0.1, 0.15) is 0 Å². The minimum atomic E-state index is -5.08. The van der Waals surface area contributed by atoms with Crippen molar-refractivity contribution in [3.8, 4) is 0 Å². The first kappa shape index (κ1) is 12.7. The Morgan fingerprint density at radius 3 is 2.28 bits per heavy atom. The number of aromatic nitrogens is 4. The Balaban J connectivity index is 0.000000152. The molecule has 2 aliphatic rings. The van der Waals surface area contributed by atoms with Crippen molar-refractivity contribution in [2.45, 2.75) is 12.1 Å². The van der Waals surface area contributed by atoms with Gasteiger partial charge in [0.2, 0.25) is 0 Å². The molecule has 0 amide bonds. The predicted octanol–water partition coefficient (Wildman–Crippen LogP) is -0.234. The first-order chi connectivity index (χ1) is 8.41. The van der Waals surface area contributed by atoms with Crippen molar-refractivity contribution >= 4 is 5.97 Å². The van der Waals surface area contributed by atoms with Gasteiger partial charge in [0, 0.05) is 5.92 Å². The zero-order chi connectivity index (χ0) is 13.3. The van der Waals surface area contributed by atoms with Gasteiger partial charge in [-0.25, -0.2) is 9.89 Å². The van der Waals surface area contributed by atoms with Crippen LogP contribution in [-0.2, 0) is 4.79 Å². The van der Waals surface area contributed by atoms with E-state index in [0.717, 1.165) is 30.7 Å². The molecule has 100 valence electrons. The van der Waals surface area contributed by atoms with Crippen molar-refractivity contribution in [2.24, 2.45) is 11.8 Å². The van der Waals surface area contributed by atoms with Crippen LogP contribution in [0.1, 0.15) is 11.7 Å². The van der Waals surface area contributed by atoms with Crippen LogP contribution in [0.25, 0.3) is 0 Å². The van der Waals surface area contributed by atoms with Gasteiger partial charge in [-0.2, -0.15) is 13.2 Å². The van der Waals surface area contributed by atoms with Crippen LogP contribution in [-0.4, -0.2) is 51.0 Å². The summed E-state index contributed by atoms with van der Waals surface area (Å²) in [5.74, 6) is 0.426. The molecule has 1 aliphatic heterocycles. The number of carboxylic acids is 1. The van der Waals surface area contributed by atoms with Gasteiger partial charge in [0.25, 0.3) is 0 Å². The lowest BCUT2D eigenvalue weighted by Crippen LogP contribution is -2.21. The number of hydrogen-bond acceptors (Lipinski definition) is 5. The highest BCUT2D eigenvalue weighted by Crippen LogP contribution is 2.54. The van der Waals surface area contributed by atoms with E-state index in [4.69, 9.17) is 9.90 Å². The van der Waals surface area contributed by atoms with Gasteiger partial charge < -0.3 is 10.4 Å². The Labute approximate surface area is 98.8 Å². The second-order valence-corrected chi connectivity index (χ2v) is 4.10. The normalized spacial score (nSPS) is 29.2. The maximum Gasteiger partial charge on any atom is 0.490 e. The van der Waals surface area contributed by atoms with Crippen LogP contribution >= 0.6 is 0 Å². The molecule has 1 saturated carbocycles. The highest BCUT2D eigenvalue weighted by atomic mass is 19.4. The Morgan fingerprint density at radius 2 is 1.89 bits per heavy atom. The summed E-state index contributed by atoms with van der Waals surface area (Å²) in [5.41, 5.74) is 0. The summed E-state index contributed by atoms with van der Waals surface area (Å²) in [6.07, 6.45) is -5.08. The van der Waals surface area contributed by atoms with Gasteiger partial charge >= 0.3 is 12.1 Å². The molecule has 2 heterocycles. The molecule has 1 aromatic heterocycles. The molecule has 10 heteroatoms. The number of rotatable bonds is 1. The zero-order valence-corrected chi connectivity index (χ0v) is 8.98. The van der Waals surface area contributed by atoms with Crippen molar-refractivity contribution in [2.75, 3.05) is 13.1 Å². The number of aromatic amines is 1. The molecule has 0 spiro atoms. The number of nitrogens with one attached hydrogen (secondary N) is 2. The molecule has 0 aromatic carbocycles. The minimum absolute atomic E-state index is 0.617. The highest BCUT2D eigenvalue weighted by Gasteiger charge is 2.55. The molecule has 3 N–H and O–H groups in total. The van der Waals surface area contributed by atoms with E-state index in [0.29, 0.717) is 5.92 Å². The van der Waals surface area contributed by atoms with E-state index in [9.17, 15) is 13.2 Å². The number of piperidine rings is 1. The van der Waals surface area contributed by atoms with Crippen LogP contribution in [0.15, 0.2) is 0 Å². The van der Waals surface area contributed by atoms with E-state index < -0.39 is 12.1 Å². The van der Waals surface area contributed by atoms with E-state index in [1.54, 1.807) is 0 Å². The number of nitrogens with zero attached hydrogens (tertiary/aromatic N) is 3. The predicted molar refractivity (Wildman–Crippen MR) is 50.5 cm³/mol. The largest absolute Gasteiger partial charge is 0.490 e. The second-order valence-electron chi connectivity index (χ2n) is 4.10. The lowest BCUT2D eigenvalue weighted by molar-refractivity contribution is -0.192. The Kier molecular flexibility index (Phi) is 3.20. The monoisotopic (exact) mass is 265 g/mol. The van der Waals surface area contributed by atoms with Crippen molar-refractivity contribution in [1.82, 2.24) is 25.9 Å². The summed E-state index contributed by atoms with van der Waals surface area (Å²) < 4.78 is 31.7. The number of aliphatic carboxylic acids is 1. The Hall–Kier alpha value is -1.71. The fraction of sp³-hybridized carbons (Fsp3) is 0.750. The molecule has 0 radical (unpaired) electrons. The topological polar surface area (TPSA) is 104 Å². The second kappa shape index (κ2) is 4.52. The number of alkyl halides is 3. The van der Waals surface area contributed by atoms with Crippen molar-refractivity contribution in [1.29, 1.82) is 0 Å². The molecule has 1 unspecified atom stereocenters. The van der Waals surface area contributed by atoms with E-state index in [1.807, 2.05) is 0 Å². The summed E-state index contributed by atoms with van der Waals surface area (Å²) in [6.45, 7) is 2.27. The maximum absolute atomic E-state index is 10.6. The summed E-state index contributed by atoms with van der Waals surface area (Å²) in [7, 11) is 0. The zero-order valence-electron chi connectivity index (χ0n) is 8.98. The third-order valence-corrected chi connectivity index (χ3v) is 3.01. The highest BCUT2D eigenvalue weighted by molar-refractivity contribution is 5.73. The standard InChI is InChI=1S/C6H9N5.C2HF3O2/c1-3-4(2-7-1)5(3)6-8-10-11-9-6;3-2(4,5)1(6)7/h3-5,7H,1-2H2,(H,8,9,10,11);(H,6,7)/t3-,4+,5?;. The first-order valence-electron chi connectivity index (χ1n) is 5.15. The number of halogens is 3. The quantitative estimate of drug-likeness (QED) is 0.647. The number of fused-ring (bicyclic) bond motifs is 1. The summed E-state index contributed by atoms with van der Waals surface area (Å²) >= 11 is 0. The molecule has 18 heavy (non-hydrogen) atoms. The van der Waals surface area contributed by atoms with Crippen LogP contribution in [0.5, 0.6) is 0 Å². The number of hydrogen-bond donors (Lipinski definition) is 3. The van der Waals surface area contributed by atoms with Gasteiger partial charge in [-0.3, -0.25) is 0 Å². The van der Waals surface area contributed by atoms with E-state index in [2.05, 4.69) is 25.9 Å². The molecular weight excluding hydrogens is 255 g/mol. The number of tetrazole rings is 1. The SMILES string of the molecule is C1NC[C@H]2C(c3nnn[nH]3)[C@@H]12.O=C(O)C(F)(F)F. The maximum atomic E-state index is 10.6. The number of carboxylic acid groups (broad SMARTS) is 1. The average molecular weight is 265 g/mol. The average Bonchev–Trinajstić information content (AvgIpc) is 2.78. The summed E-state index contributed by atoms with van der Waals surface area (Å²) in [4.78, 5) is 8.90. The molecular formula is C8H10F3N5O2. The fourth-order valence-corrected chi connectivity index (χ4v) is 2.13.